The number of phenolic OH excluding ortho intramolecular Hbond substituents is 1. The summed E-state index contributed by atoms with van der Waals surface area (Å²) in [5.41, 5.74) is 5.60. The van der Waals surface area contributed by atoms with Crippen LogP contribution in [0.25, 0.3) is 10.8 Å². The van der Waals surface area contributed by atoms with Gasteiger partial charge in [-0.25, -0.2) is 0 Å². The smallest absolute Gasteiger partial charge is 0.298 e. The molecule has 0 heterocycles. The standard InChI is InChI=1S/C16H13N3O4S/c17-13-15(20)12-9-5-4-8-11(12)14(16(13)24(21,22)23)19-18-10-6-2-1-3-7-10/h1-9,20H,17H2,(H,21,22,23). The van der Waals surface area contributed by atoms with Crippen molar-refractivity contribution in [1.82, 2.24) is 0 Å². The van der Waals surface area contributed by atoms with Crippen LogP contribution in [0, 0.1) is 0 Å². The van der Waals surface area contributed by atoms with Gasteiger partial charge in [-0.1, -0.05) is 42.5 Å². The van der Waals surface area contributed by atoms with Gasteiger partial charge in [0.1, 0.15) is 16.3 Å². The Kier molecular flexibility index (Phi) is 3.92. The number of nitrogens with zero attached hydrogens (tertiary/aromatic N) is 2. The number of rotatable bonds is 3. The maximum Gasteiger partial charge on any atom is 0.298 e. The number of phenols is 1. The molecule has 3 aromatic carbocycles. The van der Waals surface area contributed by atoms with E-state index in [0.29, 0.717) is 16.5 Å². The number of fused-ring (bicyclic) bond motifs is 1. The van der Waals surface area contributed by atoms with E-state index in [-0.39, 0.29) is 5.69 Å². The molecule has 0 atom stereocenters. The summed E-state index contributed by atoms with van der Waals surface area (Å²) in [6, 6.07) is 15.1. The van der Waals surface area contributed by atoms with Gasteiger partial charge in [0.05, 0.1) is 11.4 Å². The molecule has 3 aromatic rings. The van der Waals surface area contributed by atoms with Crippen molar-refractivity contribution in [2.24, 2.45) is 10.2 Å². The molecule has 0 fully saturated rings. The number of hydrogen-bond acceptors (Lipinski definition) is 6. The lowest BCUT2D eigenvalue weighted by Crippen LogP contribution is -2.04. The van der Waals surface area contributed by atoms with Crippen molar-refractivity contribution in [3.8, 4) is 5.75 Å². The highest BCUT2D eigenvalue weighted by Crippen LogP contribution is 2.44. The van der Waals surface area contributed by atoms with Gasteiger partial charge in [0.15, 0.2) is 0 Å². The Morgan fingerprint density at radius 2 is 1.46 bits per heavy atom. The molecule has 0 aliphatic rings. The van der Waals surface area contributed by atoms with Crippen molar-refractivity contribution in [3.05, 3.63) is 54.6 Å². The summed E-state index contributed by atoms with van der Waals surface area (Å²) >= 11 is 0. The maximum atomic E-state index is 11.7. The monoisotopic (exact) mass is 343 g/mol. The van der Waals surface area contributed by atoms with Crippen molar-refractivity contribution in [2.45, 2.75) is 4.90 Å². The van der Waals surface area contributed by atoms with Gasteiger partial charge in [-0.05, 0) is 12.1 Å². The third-order valence-electron chi connectivity index (χ3n) is 3.43. The Hall–Kier alpha value is -2.97. The summed E-state index contributed by atoms with van der Waals surface area (Å²) in [7, 11) is -4.72. The first-order valence-corrected chi connectivity index (χ1v) is 8.31. The summed E-state index contributed by atoms with van der Waals surface area (Å²) in [4.78, 5) is -0.668. The quantitative estimate of drug-likeness (QED) is 0.289. The van der Waals surface area contributed by atoms with E-state index in [2.05, 4.69) is 10.2 Å². The molecular weight excluding hydrogens is 330 g/mol. The zero-order valence-electron chi connectivity index (χ0n) is 12.3. The maximum absolute atomic E-state index is 11.7. The summed E-state index contributed by atoms with van der Waals surface area (Å²) in [6.07, 6.45) is 0. The minimum absolute atomic E-state index is 0.132. The fraction of sp³-hybridized carbons (Fsp3) is 0. The molecule has 0 spiro atoms. The molecule has 0 unspecified atom stereocenters. The van der Waals surface area contributed by atoms with Crippen LogP contribution in [-0.4, -0.2) is 18.1 Å². The molecule has 24 heavy (non-hydrogen) atoms. The zero-order chi connectivity index (χ0) is 17.3. The molecule has 0 bridgehead atoms. The summed E-state index contributed by atoms with van der Waals surface area (Å²) in [6.45, 7) is 0. The number of nitrogens with two attached hydrogens (primary N) is 1. The Morgan fingerprint density at radius 3 is 2.08 bits per heavy atom. The first-order chi connectivity index (χ1) is 11.4. The normalized spacial score (nSPS) is 12.0. The number of aromatic hydroxyl groups is 1. The van der Waals surface area contributed by atoms with E-state index in [1.54, 1.807) is 54.6 Å². The number of hydrogen-bond donors (Lipinski definition) is 3. The number of benzene rings is 3. The van der Waals surface area contributed by atoms with Gasteiger partial charge in [0.25, 0.3) is 10.1 Å². The number of nitrogen functional groups attached to an aromatic ring is 1. The van der Waals surface area contributed by atoms with E-state index in [9.17, 15) is 18.1 Å². The average molecular weight is 343 g/mol. The molecule has 7 nitrogen and oxygen atoms in total. The molecule has 122 valence electrons. The lowest BCUT2D eigenvalue weighted by atomic mass is 10.1. The van der Waals surface area contributed by atoms with Crippen LogP contribution in [-0.2, 0) is 10.1 Å². The molecule has 0 saturated heterocycles. The molecule has 0 aromatic heterocycles. The predicted octanol–water partition coefficient (Wildman–Crippen LogP) is 3.79. The molecule has 3 rings (SSSR count). The van der Waals surface area contributed by atoms with Gasteiger partial charge in [-0.3, -0.25) is 4.55 Å². The highest BCUT2D eigenvalue weighted by molar-refractivity contribution is 7.86. The van der Waals surface area contributed by atoms with Crippen LogP contribution in [0.1, 0.15) is 0 Å². The molecule has 0 aliphatic carbocycles. The largest absolute Gasteiger partial charge is 0.505 e. The van der Waals surface area contributed by atoms with Gasteiger partial charge in [0.2, 0.25) is 0 Å². The Balaban J connectivity index is 2.36. The molecule has 8 heteroatoms. The average Bonchev–Trinajstić information content (AvgIpc) is 2.56. The molecule has 0 radical (unpaired) electrons. The second-order valence-electron chi connectivity index (χ2n) is 5.00. The molecule has 4 N–H and O–H groups in total. The lowest BCUT2D eigenvalue weighted by Gasteiger charge is -2.12. The van der Waals surface area contributed by atoms with Crippen molar-refractivity contribution >= 4 is 38.0 Å². The van der Waals surface area contributed by atoms with Gasteiger partial charge in [-0.15, -0.1) is 5.11 Å². The minimum atomic E-state index is -4.72. The third-order valence-corrected chi connectivity index (χ3v) is 4.36. The molecule has 0 amide bonds. The summed E-state index contributed by atoms with van der Waals surface area (Å²) < 4.78 is 33.0. The second-order valence-corrected chi connectivity index (χ2v) is 6.35. The summed E-state index contributed by atoms with van der Waals surface area (Å²) in [5.74, 6) is -0.433. The van der Waals surface area contributed by atoms with Gasteiger partial charge in [0, 0.05) is 10.8 Å². The van der Waals surface area contributed by atoms with Gasteiger partial charge >= 0.3 is 0 Å². The third kappa shape index (κ3) is 2.80. The van der Waals surface area contributed by atoms with Crippen LogP contribution in [0.15, 0.2) is 69.7 Å². The van der Waals surface area contributed by atoms with Crippen molar-refractivity contribution < 1.29 is 18.1 Å². The fourth-order valence-electron chi connectivity index (χ4n) is 2.36. The molecule has 0 aliphatic heterocycles. The highest BCUT2D eigenvalue weighted by atomic mass is 32.2. The molecule has 0 saturated carbocycles. The van der Waals surface area contributed by atoms with Crippen molar-refractivity contribution in [3.63, 3.8) is 0 Å². The minimum Gasteiger partial charge on any atom is -0.505 e. The predicted molar refractivity (Wildman–Crippen MR) is 90.5 cm³/mol. The molecular formula is C16H13N3O4S. The first kappa shape index (κ1) is 15.9. The first-order valence-electron chi connectivity index (χ1n) is 6.87. The second kappa shape index (κ2) is 5.91. The van der Waals surface area contributed by atoms with Crippen molar-refractivity contribution in [2.75, 3.05) is 5.73 Å². The van der Waals surface area contributed by atoms with Gasteiger partial charge in [-0.2, -0.15) is 13.5 Å². The van der Waals surface area contributed by atoms with E-state index in [1.807, 2.05) is 0 Å². The van der Waals surface area contributed by atoms with Crippen LogP contribution < -0.4 is 5.73 Å². The van der Waals surface area contributed by atoms with Crippen LogP contribution in [0.2, 0.25) is 0 Å². The van der Waals surface area contributed by atoms with Crippen LogP contribution in [0.5, 0.6) is 5.75 Å². The Bertz CT molecular complexity index is 1050. The highest BCUT2D eigenvalue weighted by Gasteiger charge is 2.26. The van der Waals surface area contributed by atoms with Crippen LogP contribution in [0.3, 0.4) is 0 Å². The number of anilines is 1. The summed E-state index contributed by atoms with van der Waals surface area (Å²) in [5, 5.41) is 18.7. The van der Waals surface area contributed by atoms with Crippen molar-refractivity contribution in [1.29, 1.82) is 0 Å². The van der Waals surface area contributed by atoms with Crippen LogP contribution in [0.4, 0.5) is 17.1 Å². The topological polar surface area (TPSA) is 125 Å². The SMILES string of the molecule is Nc1c(S(=O)(=O)O)c(N=Nc2ccccc2)c2ccccc2c1O. The van der Waals surface area contributed by atoms with Gasteiger partial charge < -0.3 is 10.8 Å². The lowest BCUT2D eigenvalue weighted by molar-refractivity contribution is 0.474. The fourth-order valence-corrected chi connectivity index (χ4v) is 3.13. The van der Waals surface area contributed by atoms with E-state index in [4.69, 9.17) is 5.73 Å². The van der Waals surface area contributed by atoms with Crippen LogP contribution >= 0.6 is 0 Å². The van der Waals surface area contributed by atoms with E-state index >= 15 is 0 Å². The van der Waals surface area contributed by atoms with E-state index in [0.717, 1.165) is 0 Å². The van der Waals surface area contributed by atoms with E-state index < -0.39 is 26.5 Å². The van der Waals surface area contributed by atoms with E-state index in [1.165, 1.54) is 0 Å². The zero-order valence-corrected chi connectivity index (χ0v) is 13.1. The Morgan fingerprint density at radius 1 is 0.875 bits per heavy atom. The Labute approximate surface area is 137 Å². The number of azo groups is 1.